The maximum atomic E-state index is 12.5. The van der Waals surface area contributed by atoms with Crippen molar-refractivity contribution in [3.63, 3.8) is 0 Å². The first-order chi connectivity index (χ1) is 13.3. The number of nitrogens with one attached hydrogen (secondary N) is 2. The highest BCUT2D eigenvalue weighted by molar-refractivity contribution is 7.92. The maximum absolute atomic E-state index is 12.5. The van der Waals surface area contributed by atoms with Crippen molar-refractivity contribution in [1.82, 2.24) is 9.78 Å². The van der Waals surface area contributed by atoms with Crippen LogP contribution in [0.4, 0.5) is 11.5 Å². The fourth-order valence-electron chi connectivity index (χ4n) is 2.56. The number of nitrogens with zero attached hydrogens (tertiary/aromatic N) is 3. The molecule has 8 nitrogen and oxygen atoms in total. The van der Waals surface area contributed by atoms with Crippen LogP contribution >= 0.6 is 0 Å². The summed E-state index contributed by atoms with van der Waals surface area (Å²) in [4.78, 5) is 11.4. The van der Waals surface area contributed by atoms with Crippen LogP contribution < -0.4 is 10.0 Å². The SMILES string of the molecule is CC(=O)Nc1cc(C)nn1-c1ccc(NS(=O)(=O)c2ccc(C#N)cc2)cc1. The molecule has 3 rings (SSSR count). The molecule has 2 N–H and O–H groups in total. The summed E-state index contributed by atoms with van der Waals surface area (Å²) in [7, 11) is -3.77. The van der Waals surface area contributed by atoms with Gasteiger partial charge in [-0.25, -0.2) is 13.1 Å². The van der Waals surface area contributed by atoms with Gasteiger partial charge >= 0.3 is 0 Å². The quantitative estimate of drug-likeness (QED) is 0.689. The Morgan fingerprint density at radius 3 is 2.32 bits per heavy atom. The van der Waals surface area contributed by atoms with Crippen molar-refractivity contribution in [2.75, 3.05) is 10.0 Å². The summed E-state index contributed by atoms with van der Waals surface area (Å²) >= 11 is 0. The molecule has 0 aliphatic rings. The van der Waals surface area contributed by atoms with Crippen LogP contribution in [0.15, 0.2) is 59.5 Å². The number of nitriles is 1. The molecule has 1 aromatic heterocycles. The Labute approximate surface area is 162 Å². The number of carbonyl (C=O) groups excluding carboxylic acids is 1. The first kappa shape index (κ1) is 19.1. The largest absolute Gasteiger partial charge is 0.311 e. The predicted molar refractivity (Wildman–Crippen MR) is 105 cm³/mol. The van der Waals surface area contributed by atoms with Gasteiger partial charge in [0.25, 0.3) is 10.0 Å². The Kier molecular flexibility index (Phi) is 5.15. The fourth-order valence-corrected chi connectivity index (χ4v) is 3.62. The first-order valence-electron chi connectivity index (χ1n) is 8.26. The smallest absolute Gasteiger partial charge is 0.261 e. The third-order valence-electron chi connectivity index (χ3n) is 3.79. The van der Waals surface area contributed by atoms with Crippen molar-refractivity contribution in [2.24, 2.45) is 0 Å². The zero-order chi connectivity index (χ0) is 20.3. The number of anilines is 2. The molecule has 0 radical (unpaired) electrons. The van der Waals surface area contributed by atoms with Gasteiger partial charge in [0.15, 0.2) is 0 Å². The lowest BCUT2D eigenvalue weighted by atomic mass is 10.2. The highest BCUT2D eigenvalue weighted by Gasteiger charge is 2.15. The molecule has 1 amide bonds. The van der Waals surface area contributed by atoms with E-state index in [4.69, 9.17) is 5.26 Å². The number of sulfonamides is 1. The molecule has 0 saturated heterocycles. The summed E-state index contributed by atoms with van der Waals surface area (Å²) in [6.45, 7) is 3.22. The summed E-state index contributed by atoms with van der Waals surface area (Å²) in [5.74, 6) is 0.309. The van der Waals surface area contributed by atoms with Crippen LogP contribution in [0.2, 0.25) is 0 Å². The third-order valence-corrected chi connectivity index (χ3v) is 5.19. The van der Waals surface area contributed by atoms with Crippen molar-refractivity contribution >= 4 is 27.4 Å². The lowest BCUT2D eigenvalue weighted by molar-refractivity contribution is -0.114. The fraction of sp³-hybridized carbons (Fsp3) is 0.105. The lowest BCUT2D eigenvalue weighted by Crippen LogP contribution is -2.13. The molecule has 2 aromatic carbocycles. The van der Waals surface area contributed by atoms with Gasteiger partial charge in [-0.3, -0.25) is 9.52 Å². The Hall–Kier alpha value is -3.64. The second-order valence-electron chi connectivity index (χ2n) is 6.05. The van der Waals surface area contributed by atoms with Crippen molar-refractivity contribution in [2.45, 2.75) is 18.7 Å². The Balaban J connectivity index is 1.83. The summed E-state index contributed by atoms with van der Waals surface area (Å²) in [5, 5.41) is 15.9. The molecule has 142 valence electrons. The standard InChI is InChI=1S/C19H17N5O3S/c1-13-11-19(21-14(2)25)24(22-13)17-7-5-16(6-8-17)23-28(26,27)18-9-3-15(12-20)4-10-18/h3-11,23H,1-2H3,(H,21,25). The average Bonchev–Trinajstić information content (AvgIpc) is 3.01. The number of benzene rings is 2. The minimum absolute atomic E-state index is 0.0613. The van der Waals surface area contributed by atoms with Crippen molar-refractivity contribution < 1.29 is 13.2 Å². The average molecular weight is 395 g/mol. The number of hydrogen-bond acceptors (Lipinski definition) is 5. The number of rotatable bonds is 5. The molecule has 0 bridgehead atoms. The number of aromatic nitrogens is 2. The minimum Gasteiger partial charge on any atom is -0.311 e. The highest BCUT2D eigenvalue weighted by atomic mass is 32.2. The molecule has 0 atom stereocenters. The summed E-state index contributed by atoms with van der Waals surface area (Å²) in [6.07, 6.45) is 0. The second kappa shape index (κ2) is 7.54. The van der Waals surface area contributed by atoms with Gasteiger partial charge in [0.05, 0.1) is 27.9 Å². The molecule has 3 aromatic rings. The monoisotopic (exact) mass is 395 g/mol. The molecule has 0 saturated carbocycles. The van der Waals surface area contributed by atoms with Crippen LogP contribution in [0.3, 0.4) is 0 Å². The molecule has 28 heavy (non-hydrogen) atoms. The number of amides is 1. The first-order valence-corrected chi connectivity index (χ1v) is 9.74. The molecular formula is C19H17N5O3S. The van der Waals surface area contributed by atoms with Gasteiger partial charge < -0.3 is 5.32 Å². The van der Waals surface area contributed by atoms with Crippen LogP contribution in [0.1, 0.15) is 18.2 Å². The van der Waals surface area contributed by atoms with Crippen LogP contribution in [-0.4, -0.2) is 24.1 Å². The van der Waals surface area contributed by atoms with Crippen molar-refractivity contribution in [1.29, 1.82) is 5.26 Å². The molecule has 1 heterocycles. The van der Waals surface area contributed by atoms with Crippen LogP contribution in [0.5, 0.6) is 0 Å². The van der Waals surface area contributed by atoms with Gasteiger partial charge in [-0.2, -0.15) is 10.4 Å². The zero-order valence-electron chi connectivity index (χ0n) is 15.2. The zero-order valence-corrected chi connectivity index (χ0v) is 16.0. The van der Waals surface area contributed by atoms with Gasteiger partial charge in [0.2, 0.25) is 5.91 Å². The number of hydrogen-bond donors (Lipinski definition) is 2. The van der Waals surface area contributed by atoms with Crippen molar-refractivity contribution in [3.05, 3.63) is 65.9 Å². The van der Waals surface area contributed by atoms with E-state index >= 15 is 0 Å². The lowest BCUT2D eigenvalue weighted by Gasteiger charge is -2.10. The number of aryl methyl sites for hydroxylation is 1. The Morgan fingerprint density at radius 1 is 1.11 bits per heavy atom. The van der Waals surface area contributed by atoms with E-state index in [1.165, 1.54) is 31.2 Å². The second-order valence-corrected chi connectivity index (χ2v) is 7.73. The third kappa shape index (κ3) is 4.19. The van der Waals surface area contributed by atoms with Crippen LogP contribution in [0, 0.1) is 18.3 Å². The topological polar surface area (TPSA) is 117 Å². The van der Waals surface area contributed by atoms with E-state index in [9.17, 15) is 13.2 Å². The van der Waals surface area contributed by atoms with E-state index in [-0.39, 0.29) is 10.8 Å². The van der Waals surface area contributed by atoms with Crippen LogP contribution in [0.25, 0.3) is 5.69 Å². The minimum atomic E-state index is -3.77. The molecular weight excluding hydrogens is 378 g/mol. The molecule has 0 aliphatic heterocycles. The van der Waals surface area contributed by atoms with Gasteiger partial charge in [-0.1, -0.05) is 0 Å². The van der Waals surface area contributed by atoms with E-state index in [2.05, 4.69) is 15.1 Å². The van der Waals surface area contributed by atoms with E-state index in [1.54, 1.807) is 35.0 Å². The number of carbonyl (C=O) groups is 1. The molecule has 0 fully saturated rings. The van der Waals surface area contributed by atoms with E-state index in [0.717, 1.165) is 5.69 Å². The molecule has 0 aliphatic carbocycles. The van der Waals surface area contributed by atoms with E-state index in [1.807, 2.05) is 13.0 Å². The Bertz CT molecular complexity index is 1160. The van der Waals surface area contributed by atoms with Gasteiger partial charge in [0.1, 0.15) is 5.82 Å². The molecule has 9 heteroatoms. The van der Waals surface area contributed by atoms with Gasteiger partial charge in [-0.15, -0.1) is 0 Å². The van der Waals surface area contributed by atoms with Crippen LogP contribution in [-0.2, 0) is 14.8 Å². The van der Waals surface area contributed by atoms with Gasteiger partial charge in [0, 0.05) is 18.7 Å². The maximum Gasteiger partial charge on any atom is 0.261 e. The molecule has 0 unspecified atom stereocenters. The van der Waals surface area contributed by atoms with E-state index < -0.39 is 10.0 Å². The van der Waals surface area contributed by atoms with E-state index in [0.29, 0.717) is 22.8 Å². The van der Waals surface area contributed by atoms with Gasteiger partial charge in [-0.05, 0) is 55.5 Å². The Morgan fingerprint density at radius 2 is 1.75 bits per heavy atom. The summed E-state index contributed by atoms with van der Waals surface area (Å²) < 4.78 is 29.0. The normalized spacial score (nSPS) is 10.9. The highest BCUT2D eigenvalue weighted by Crippen LogP contribution is 2.21. The predicted octanol–water partition coefficient (Wildman–Crippen LogP) is 2.81. The molecule has 0 spiro atoms. The summed E-state index contributed by atoms with van der Waals surface area (Å²) in [5.41, 5.74) is 2.15. The summed E-state index contributed by atoms with van der Waals surface area (Å²) in [6, 6.07) is 15.9. The van der Waals surface area contributed by atoms with Crippen molar-refractivity contribution in [3.8, 4) is 11.8 Å².